The second kappa shape index (κ2) is 10.4. The molecule has 1 fully saturated rings. The molecule has 3 rings (SSSR count). The lowest BCUT2D eigenvalue weighted by Crippen LogP contribution is -2.43. The number of benzene rings is 2. The van der Waals surface area contributed by atoms with Gasteiger partial charge in [0.1, 0.15) is 5.82 Å². The number of halogens is 2. The highest BCUT2D eigenvalue weighted by molar-refractivity contribution is 7.89. The molecule has 0 unspecified atom stereocenters. The quantitative estimate of drug-likeness (QED) is 0.628. The van der Waals surface area contributed by atoms with Crippen molar-refractivity contribution in [3.05, 3.63) is 64.9 Å². The van der Waals surface area contributed by atoms with Gasteiger partial charge in [0.15, 0.2) is 0 Å². The molecular weight excluding hydrogens is 427 g/mol. The number of nitrogens with zero attached hydrogens (tertiary/aromatic N) is 1. The molecule has 0 aliphatic heterocycles. The van der Waals surface area contributed by atoms with Crippen molar-refractivity contribution in [1.82, 2.24) is 9.62 Å². The van der Waals surface area contributed by atoms with Gasteiger partial charge in [-0.3, -0.25) is 4.79 Å². The molecular formula is C22H26ClFN2O3S. The molecule has 0 atom stereocenters. The highest BCUT2D eigenvalue weighted by atomic mass is 35.5. The van der Waals surface area contributed by atoms with Crippen LogP contribution in [0.1, 0.15) is 44.1 Å². The molecule has 0 saturated heterocycles. The van der Waals surface area contributed by atoms with Crippen LogP contribution in [0.5, 0.6) is 0 Å². The van der Waals surface area contributed by atoms with Crippen LogP contribution in [0, 0.1) is 5.82 Å². The van der Waals surface area contributed by atoms with Crippen LogP contribution in [-0.4, -0.2) is 31.2 Å². The summed E-state index contributed by atoms with van der Waals surface area (Å²) >= 11 is 5.88. The topological polar surface area (TPSA) is 66.5 Å². The van der Waals surface area contributed by atoms with Crippen molar-refractivity contribution < 1.29 is 17.6 Å². The summed E-state index contributed by atoms with van der Waals surface area (Å²) in [6, 6.07) is 11.7. The predicted molar refractivity (Wildman–Crippen MR) is 115 cm³/mol. The molecule has 0 radical (unpaired) electrons. The van der Waals surface area contributed by atoms with E-state index in [2.05, 4.69) is 5.32 Å². The average molecular weight is 453 g/mol. The molecule has 162 valence electrons. The van der Waals surface area contributed by atoms with E-state index in [9.17, 15) is 17.6 Å². The molecule has 8 heteroatoms. The Labute approximate surface area is 182 Å². The standard InChI is InChI=1S/C22H26ClFN2O3S/c23-18-11-13-20(14-12-18)30(28,29)26(15-17-7-5-6-10-21(17)24)16-22(27)25-19-8-3-1-2-4-9-19/h5-7,10-14,19H,1-4,8-9,15-16H2,(H,25,27). The molecule has 1 amide bonds. The fourth-order valence-electron chi connectivity index (χ4n) is 3.66. The number of hydrogen-bond donors (Lipinski definition) is 1. The Balaban J connectivity index is 1.82. The first kappa shape index (κ1) is 22.7. The van der Waals surface area contributed by atoms with E-state index >= 15 is 0 Å². The van der Waals surface area contributed by atoms with E-state index in [-0.39, 0.29) is 35.5 Å². The summed E-state index contributed by atoms with van der Waals surface area (Å²) in [5, 5.41) is 3.37. The van der Waals surface area contributed by atoms with Crippen molar-refractivity contribution in [2.75, 3.05) is 6.54 Å². The van der Waals surface area contributed by atoms with Crippen molar-refractivity contribution in [3.63, 3.8) is 0 Å². The zero-order valence-electron chi connectivity index (χ0n) is 16.7. The lowest BCUT2D eigenvalue weighted by atomic mass is 10.1. The van der Waals surface area contributed by atoms with E-state index in [1.54, 1.807) is 6.07 Å². The van der Waals surface area contributed by atoms with Crippen LogP contribution < -0.4 is 5.32 Å². The van der Waals surface area contributed by atoms with Crippen molar-refractivity contribution in [3.8, 4) is 0 Å². The predicted octanol–water partition coefficient (Wildman–Crippen LogP) is 4.51. The largest absolute Gasteiger partial charge is 0.352 e. The monoisotopic (exact) mass is 452 g/mol. The molecule has 1 aliphatic carbocycles. The Kier molecular flexibility index (Phi) is 7.86. The van der Waals surface area contributed by atoms with E-state index in [1.807, 2.05) is 0 Å². The molecule has 0 bridgehead atoms. The van der Waals surface area contributed by atoms with Gasteiger partial charge < -0.3 is 5.32 Å². The molecule has 0 spiro atoms. The minimum absolute atomic E-state index is 0.00510. The van der Waals surface area contributed by atoms with Gasteiger partial charge in [-0.1, -0.05) is 55.5 Å². The fourth-order valence-corrected chi connectivity index (χ4v) is 5.16. The molecule has 1 N–H and O–H groups in total. The minimum Gasteiger partial charge on any atom is -0.352 e. The van der Waals surface area contributed by atoms with Crippen LogP contribution in [-0.2, 0) is 21.4 Å². The van der Waals surface area contributed by atoms with Gasteiger partial charge in [0.25, 0.3) is 0 Å². The van der Waals surface area contributed by atoms with E-state index in [4.69, 9.17) is 11.6 Å². The highest BCUT2D eigenvalue weighted by Gasteiger charge is 2.28. The van der Waals surface area contributed by atoms with Crippen LogP contribution in [0.25, 0.3) is 0 Å². The fraction of sp³-hybridized carbons (Fsp3) is 0.409. The summed E-state index contributed by atoms with van der Waals surface area (Å²) in [5.41, 5.74) is 0.206. The van der Waals surface area contributed by atoms with Gasteiger partial charge in [0.2, 0.25) is 15.9 Å². The Morgan fingerprint density at radius 1 is 1.03 bits per heavy atom. The Morgan fingerprint density at radius 2 is 1.67 bits per heavy atom. The summed E-state index contributed by atoms with van der Waals surface area (Å²) in [4.78, 5) is 12.7. The lowest BCUT2D eigenvalue weighted by molar-refractivity contribution is -0.122. The number of carbonyl (C=O) groups excluding carboxylic acids is 1. The number of rotatable bonds is 7. The maximum Gasteiger partial charge on any atom is 0.243 e. The van der Waals surface area contributed by atoms with Gasteiger partial charge in [-0.25, -0.2) is 12.8 Å². The molecule has 1 aliphatic rings. The highest BCUT2D eigenvalue weighted by Crippen LogP contribution is 2.22. The number of sulfonamides is 1. The maximum atomic E-state index is 14.2. The molecule has 1 saturated carbocycles. The molecule has 2 aromatic carbocycles. The van der Waals surface area contributed by atoms with Crippen molar-refractivity contribution in [2.24, 2.45) is 0 Å². The smallest absolute Gasteiger partial charge is 0.243 e. The van der Waals surface area contributed by atoms with Gasteiger partial charge in [-0.05, 0) is 43.2 Å². The number of hydrogen-bond acceptors (Lipinski definition) is 3. The third-order valence-corrected chi connectivity index (χ3v) is 7.35. The molecule has 2 aromatic rings. The van der Waals surface area contributed by atoms with Crippen LogP contribution in [0.3, 0.4) is 0 Å². The van der Waals surface area contributed by atoms with Gasteiger partial charge in [-0.2, -0.15) is 4.31 Å². The Morgan fingerprint density at radius 3 is 2.30 bits per heavy atom. The van der Waals surface area contributed by atoms with Crippen LogP contribution in [0.15, 0.2) is 53.4 Å². The van der Waals surface area contributed by atoms with Crippen LogP contribution >= 0.6 is 11.6 Å². The molecule has 5 nitrogen and oxygen atoms in total. The number of nitrogens with one attached hydrogen (secondary N) is 1. The first-order valence-corrected chi connectivity index (χ1v) is 12.0. The first-order chi connectivity index (χ1) is 14.4. The van der Waals surface area contributed by atoms with Crippen molar-refractivity contribution in [2.45, 2.75) is 56.0 Å². The Hall–Kier alpha value is -1.96. The third kappa shape index (κ3) is 6.03. The second-order valence-electron chi connectivity index (χ2n) is 7.57. The molecule has 0 aromatic heterocycles. The normalized spacial score (nSPS) is 15.7. The van der Waals surface area contributed by atoms with E-state index in [0.717, 1.165) is 42.8 Å². The Bertz CT molecular complexity index is 959. The van der Waals surface area contributed by atoms with Gasteiger partial charge in [0, 0.05) is 23.2 Å². The number of amides is 1. The molecule has 30 heavy (non-hydrogen) atoms. The zero-order chi connectivity index (χ0) is 21.6. The summed E-state index contributed by atoms with van der Waals surface area (Å²) in [6.07, 6.45) is 6.18. The summed E-state index contributed by atoms with van der Waals surface area (Å²) < 4.78 is 41.7. The summed E-state index contributed by atoms with van der Waals surface area (Å²) in [7, 11) is -4.03. The molecule has 0 heterocycles. The van der Waals surface area contributed by atoms with Gasteiger partial charge in [-0.15, -0.1) is 0 Å². The average Bonchev–Trinajstić information content (AvgIpc) is 2.98. The maximum absolute atomic E-state index is 14.2. The number of carbonyl (C=O) groups is 1. The minimum atomic E-state index is -4.03. The third-order valence-electron chi connectivity index (χ3n) is 5.30. The van der Waals surface area contributed by atoms with Crippen LogP contribution in [0.4, 0.5) is 4.39 Å². The second-order valence-corrected chi connectivity index (χ2v) is 9.95. The summed E-state index contributed by atoms with van der Waals surface area (Å²) in [6.45, 7) is -0.620. The van der Waals surface area contributed by atoms with Gasteiger partial charge >= 0.3 is 0 Å². The first-order valence-electron chi connectivity index (χ1n) is 10.1. The van der Waals surface area contributed by atoms with E-state index in [1.165, 1.54) is 42.5 Å². The van der Waals surface area contributed by atoms with Crippen molar-refractivity contribution >= 4 is 27.5 Å². The van der Waals surface area contributed by atoms with E-state index < -0.39 is 15.8 Å². The lowest BCUT2D eigenvalue weighted by Gasteiger charge is -2.24. The van der Waals surface area contributed by atoms with E-state index in [0.29, 0.717) is 5.02 Å². The van der Waals surface area contributed by atoms with Crippen molar-refractivity contribution in [1.29, 1.82) is 0 Å². The summed E-state index contributed by atoms with van der Waals surface area (Å²) in [5.74, 6) is -0.895. The van der Waals surface area contributed by atoms with Crippen LogP contribution in [0.2, 0.25) is 5.02 Å². The SMILES string of the molecule is O=C(CN(Cc1ccccc1F)S(=O)(=O)c1ccc(Cl)cc1)NC1CCCCCC1. The zero-order valence-corrected chi connectivity index (χ0v) is 18.3. The van der Waals surface area contributed by atoms with Gasteiger partial charge in [0.05, 0.1) is 11.4 Å².